The van der Waals surface area contributed by atoms with Gasteiger partial charge in [0.25, 0.3) is 0 Å². The number of nitrogens with zero attached hydrogens (tertiary/aromatic N) is 2. The summed E-state index contributed by atoms with van der Waals surface area (Å²) in [4.78, 5) is 3.99. The summed E-state index contributed by atoms with van der Waals surface area (Å²) in [5.41, 5.74) is 0. The molecule has 0 radical (unpaired) electrons. The first kappa shape index (κ1) is 16.8. The van der Waals surface area contributed by atoms with Crippen molar-refractivity contribution in [1.29, 1.82) is 0 Å². The molecule has 1 aliphatic rings. The van der Waals surface area contributed by atoms with Gasteiger partial charge in [-0.05, 0) is 45.7 Å². The summed E-state index contributed by atoms with van der Waals surface area (Å²) < 4.78 is 38.0. The molecule has 1 aliphatic heterocycles. The summed E-state index contributed by atoms with van der Waals surface area (Å²) >= 11 is 0. The van der Waals surface area contributed by atoms with Gasteiger partial charge in [-0.15, -0.1) is 0 Å². The van der Waals surface area contributed by atoms with Crippen LogP contribution in [0.2, 0.25) is 0 Å². The van der Waals surface area contributed by atoms with Gasteiger partial charge < -0.3 is 4.90 Å². The Morgan fingerprint density at radius 1 is 1.11 bits per heavy atom. The summed E-state index contributed by atoms with van der Waals surface area (Å²) in [7, 11) is 0. The van der Waals surface area contributed by atoms with Crippen molar-refractivity contribution in [1.82, 2.24) is 9.80 Å². The number of rotatable bonds is 5. The first-order valence-electron chi connectivity index (χ1n) is 7.24. The number of alkyl halides is 3. The molecule has 0 spiro atoms. The molecular formula is C14H27F3N2. The maximum absolute atomic E-state index is 12.7. The van der Waals surface area contributed by atoms with Gasteiger partial charge in [-0.3, -0.25) is 4.90 Å². The molecule has 0 saturated carbocycles. The predicted molar refractivity (Wildman–Crippen MR) is 72.2 cm³/mol. The zero-order valence-electron chi connectivity index (χ0n) is 12.5. The van der Waals surface area contributed by atoms with Gasteiger partial charge in [0.05, 0.1) is 6.54 Å². The maximum Gasteiger partial charge on any atom is 0.401 e. The Hall–Kier alpha value is -0.290. The molecule has 2 nitrogen and oxygen atoms in total. The van der Waals surface area contributed by atoms with E-state index in [-0.39, 0.29) is 12.0 Å². The lowest BCUT2D eigenvalue weighted by Gasteiger charge is -2.40. The van der Waals surface area contributed by atoms with E-state index in [0.717, 1.165) is 25.9 Å². The summed E-state index contributed by atoms with van der Waals surface area (Å²) in [6, 6.07) is 0.570. The highest BCUT2D eigenvalue weighted by atomic mass is 19.4. The van der Waals surface area contributed by atoms with E-state index in [9.17, 15) is 13.2 Å². The lowest BCUT2D eigenvalue weighted by atomic mass is 10.0. The van der Waals surface area contributed by atoms with Crippen LogP contribution in [0.4, 0.5) is 13.2 Å². The molecule has 1 saturated heterocycles. The molecule has 0 unspecified atom stereocenters. The average Bonchev–Trinajstić information content (AvgIpc) is 2.25. The normalized spacial score (nSPS) is 19.9. The fourth-order valence-electron chi connectivity index (χ4n) is 2.81. The zero-order chi connectivity index (χ0) is 14.6. The van der Waals surface area contributed by atoms with E-state index in [1.807, 2.05) is 13.8 Å². The molecule has 1 fully saturated rings. The highest BCUT2D eigenvalue weighted by molar-refractivity contribution is 4.82. The van der Waals surface area contributed by atoms with Crippen LogP contribution < -0.4 is 0 Å². The van der Waals surface area contributed by atoms with Gasteiger partial charge in [0.2, 0.25) is 0 Å². The highest BCUT2D eigenvalue weighted by Crippen LogP contribution is 2.24. The standard InChI is InChI=1S/C14H27F3N2/c1-11(2)9-19(10-14(15,16)17)13-5-7-18(8-6-13)12(3)4/h11-13H,5-10H2,1-4H3. The molecular weight excluding hydrogens is 253 g/mol. The summed E-state index contributed by atoms with van der Waals surface area (Å²) in [5.74, 6) is 0.269. The highest BCUT2D eigenvalue weighted by Gasteiger charge is 2.35. The molecule has 1 rings (SSSR count). The van der Waals surface area contributed by atoms with Crippen LogP contribution in [0.5, 0.6) is 0 Å². The Morgan fingerprint density at radius 3 is 2.00 bits per heavy atom. The smallest absolute Gasteiger partial charge is 0.301 e. The van der Waals surface area contributed by atoms with Gasteiger partial charge in [-0.1, -0.05) is 13.8 Å². The first-order chi connectivity index (χ1) is 8.69. The van der Waals surface area contributed by atoms with Gasteiger partial charge in [0.1, 0.15) is 0 Å². The largest absolute Gasteiger partial charge is 0.401 e. The van der Waals surface area contributed by atoms with Crippen LogP contribution in [0.1, 0.15) is 40.5 Å². The van der Waals surface area contributed by atoms with Crippen molar-refractivity contribution in [3.8, 4) is 0 Å². The van der Waals surface area contributed by atoms with Crippen LogP contribution in [0.15, 0.2) is 0 Å². The predicted octanol–water partition coefficient (Wildman–Crippen LogP) is 3.38. The SMILES string of the molecule is CC(C)CN(CC(F)(F)F)C1CCN(C(C)C)CC1. The van der Waals surface area contributed by atoms with Crippen molar-refractivity contribution < 1.29 is 13.2 Å². The Labute approximate surface area is 114 Å². The van der Waals surface area contributed by atoms with E-state index in [1.54, 1.807) is 4.90 Å². The van der Waals surface area contributed by atoms with E-state index in [2.05, 4.69) is 18.7 Å². The van der Waals surface area contributed by atoms with E-state index < -0.39 is 12.7 Å². The third-order valence-corrected chi connectivity index (χ3v) is 3.73. The van der Waals surface area contributed by atoms with Crippen molar-refractivity contribution in [2.45, 2.75) is 58.8 Å². The topological polar surface area (TPSA) is 6.48 Å². The second-order valence-electron chi connectivity index (χ2n) is 6.30. The van der Waals surface area contributed by atoms with Crippen LogP contribution in [0.25, 0.3) is 0 Å². The van der Waals surface area contributed by atoms with Gasteiger partial charge in [-0.2, -0.15) is 13.2 Å². The van der Waals surface area contributed by atoms with Gasteiger partial charge >= 0.3 is 6.18 Å². The van der Waals surface area contributed by atoms with Crippen LogP contribution in [-0.2, 0) is 0 Å². The minimum Gasteiger partial charge on any atom is -0.301 e. The Balaban J connectivity index is 2.56. The van der Waals surface area contributed by atoms with Gasteiger partial charge in [0.15, 0.2) is 0 Å². The Kier molecular flexibility index (Phi) is 6.12. The van der Waals surface area contributed by atoms with E-state index >= 15 is 0 Å². The molecule has 0 amide bonds. The fraction of sp³-hybridized carbons (Fsp3) is 1.00. The van der Waals surface area contributed by atoms with Gasteiger partial charge in [-0.25, -0.2) is 0 Å². The van der Waals surface area contributed by atoms with Gasteiger partial charge in [0, 0.05) is 18.6 Å². The number of hydrogen-bond donors (Lipinski definition) is 0. The summed E-state index contributed by atoms with van der Waals surface area (Å²) in [6.45, 7) is 9.83. The molecule has 0 aromatic rings. The monoisotopic (exact) mass is 280 g/mol. The summed E-state index contributed by atoms with van der Waals surface area (Å²) in [6.07, 6.45) is -2.40. The van der Waals surface area contributed by atoms with Crippen molar-refractivity contribution in [2.24, 2.45) is 5.92 Å². The van der Waals surface area contributed by atoms with Crippen LogP contribution in [0, 0.1) is 5.92 Å². The second kappa shape index (κ2) is 6.93. The molecule has 0 aliphatic carbocycles. The lowest BCUT2D eigenvalue weighted by molar-refractivity contribution is -0.154. The van der Waals surface area contributed by atoms with Crippen molar-refractivity contribution in [2.75, 3.05) is 26.2 Å². The molecule has 0 aromatic carbocycles. The third kappa shape index (κ3) is 6.13. The first-order valence-corrected chi connectivity index (χ1v) is 7.24. The minimum absolute atomic E-state index is 0.0824. The quantitative estimate of drug-likeness (QED) is 0.762. The second-order valence-corrected chi connectivity index (χ2v) is 6.30. The molecule has 0 atom stereocenters. The average molecular weight is 280 g/mol. The number of likely N-dealkylation sites (tertiary alicyclic amines) is 1. The molecule has 1 heterocycles. The summed E-state index contributed by atoms with van der Waals surface area (Å²) in [5, 5.41) is 0. The molecule has 114 valence electrons. The van der Waals surface area contributed by atoms with E-state index in [0.29, 0.717) is 12.6 Å². The number of halogens is 3. The maximum atomic E-state index is 12.7. The lowest BCUT2D eigenvalue weighted by Crippen LogP contribution is -2.50. The van der Waals surface area contributed by atoms with Crippen LogP contribution in [0.3, 0.4) is 0 Å². The van der Waals surface area contributed by atoms with E-state index in [1.165, 1.54) is 0 Å². The fourth-order valence-corrected chi connectivity index (χ4v) is 2.81. The number of hydrogen-bond acceptors (Lipinski definition) is 2. The molecule has 0 N–H and O–H groups in total. The van der Waals surface area contributed by atoms with E-state index in [4.69, 9.17) is 0 Å². The molecule has 0 aromatic heterocycles. The molecule has 0 bridgehead atoms. The number of piperidine rings is 1. The Bertz CT molecular complexity index is 256. The Morgan fingerprint density at radius 2 is 1.63 bits per heavy atom. The zero-order valence-corrected chi connectivity index (χ0v) is 12.5. The van der Waals surface area contributed by atoms with Crippen LogP contribution in [-0.4, -0.2) is 54.2 Å². The minimum atomic E-state index is -4.09. The third-order valence-electron chi connectivity index (χ3n) is 3.73. The van der Waals surface area contributed by atoms with Crippen molar-refractivity contribution >= 4 is 0 Å². The molecule has 19 heavy (non-hydrogen) atoms. The molecule has 5 heteroatoms. The van der Waals surface area contributed by atoms with Crippen molar-refractivity contribution in [3.05, 3.63) is 0 Å². The van der Waals surface area contributed by atoms with Crippen LogP contribution >= 0.6 is 0 Å². The van der Waals surface area contributed by atoms with Crippen molar-refractivity contribution in [3.63, 3.8) is 0 Å².